The number of carbonyl (C=O) groups is 2. The predicted molar refractivity (Wildman–Crippen MR) is 133 cm³/mol. The first kappa shape index (κ1) is 24.6. The average molecular weight is 506 g/mol. The second-order valence-corrected chi connectivity index (χ2v) is 9.60. The number of amides is 2. The van der Waals surface area contributed by atoms with Crippen LogP contribution in [0.1, 0.15) is 25.1 Å². The van der Waals surface area contributed by atoms with Crippen molar-refractivity contribution in [2.75, 3.05) is 25.5 Å². The van der Waals surface area contributed by atoms with Crippen molar-refractivity contribution in [2.24, 2.45) is 11.8 Å². The molecule has 2 aliphatic rings. The third kappa shape index (κ3) is 5.68. The van der Waals surface area contributed by atoms with Crippen molar-refractivity contribution in [1.29, 1.82) is 0 Å². The summed E-state index contributed by atoms with van der Waals surface area (Å²) in [6.45, 7) is 0.502. The third-order valence-electron chi connectivity index (χ3n) is 6.68. The summed E-state index contributed by atoms with van der Waals surface area (Å²) in [5.41, 5.74) is 0.635. The predicted octanol–water partition coefficient (Wildman–Crippen LogP) is 3.64. The summed E-state index contributed by atoms with van der Waals surface area (Å²) in [4.78, 5) is 41.3. The lowest BCUT2D eigenvalue weighted by molar-refractivity contribution is -0.137. The van der Waals surface area contributed by atoms with Gasteiger partial charge in [-0.05, 0) is 49.1 Å². The molecule has 1 aromatic carbocycles. The van der Waals surface area contributed by atoms with Crippen molar-refractivity contribution in [3.63, 3.8) is 0 Å². The van der Waals surface area contributed by atoms with Crippen molar-refractivity contribution in [2.45, 2.75) is 31.8 Å². The number of ether oxygens (including phenoxy) is 2. The fraction of sp³-hybridized carbons (Fsp3) is 0.370. The molecule has 10 heteroatoms. The second kappa shape index (κ2) is 10.5. The Bertz CT molecular complexity index is 1250. The number of carbonyl (C=O) groups excluding carboxylic acids is 2. The molecule has 1 saturated heterocycles. The van der Waals surface area contributed by atoms with Crippen LogP contribution in [-0.4, -0.2) is 58.4 Å². The highest BCUT2D eigenvalue weighted by molar-refractivity contribution is 5.98. The first-order valence-electron chi connectivity index (χ1n) is 12.3. The van der Waals surface area contributed by atoms with Crippen molar-refractivity contribution in [3.05, 3.63) is 66.6 Å². The van der Waals surface area contributed by atoms with Crippen LogP contribution in [-0.2, 0) is 16.0 Å². The molecular formula is C27H28FN5O4. The quantitative estimate of drug-likeness (QED) is 0.461. The van der Waals surface area contributed by atoms with Gasteiger partial charge in [0.05, 0.1) is 24.3 Å². The minimum absolute atomic E-state index is 0.104. The third-order valence-corrected chi connectivity index (χ3v) is 6.68. The van der Waals surface area contributed by atoms with E-state index in [4.69, 9.17) is 9.47 Å². The Kier molecular flexibility index (Phi) is 6.98. The summed E-state index contributed by atoms with van der Waals surface area (Å²) in [5, 5.41) is 0. The van der Waals surface area contributed by atoms with Gasteiger partial charge in [0.15, 0.2) is 6.10 Å². The van der Waals surface area contributed by atoms with E-state index in [1.54, 1.807) is 48.4 Å². The Labute approximate surface area is 214 Å². The van der Waals surface area contributed by atoms with Crippen LogP contribution in [0.5, 0.6) is 17.4 Å². The van der Waals surface area contributed by atoms with E-state index in [2.05, 4.69) is 15.0 Å². The standard InChI is InChI=1S/C27H28FN5O4/c1-32(2)26(34)18-11-17(12-18)13-24-29-14-20(15-30-24)33-10-9-23(27(33)35)36-22-7-8-25(31-16-22)37-21-5-3-19(28)4-6-21/h3-8,14-18,23H,9-13H2,1-2H3/t17?,18?,23-/m1/s1. The number of nitrogens with zero attached hydrogens (tertiary/aromatic N) is 5. The molecule has 2 amide bonds. The van der Waals surface area contributed by atoms with Gasteiger partial charge in [-0.2, -0.15) is 0 Å². The fourth-order valence-electron chi connectivity index (χ4n) is 4.62. The van der Waals surface area contributed by atoms with E-state index >= 15 is 0 Å². The Hall–Kier alpha value is -4.08. The molecule has 9 nitrogen and oxygen atoms in total. The van der Waals surface area contributed by atoms with Crippen molar-refractivity contribution in [3.8, 4) is 17.4 Å². The molecule has 192 valence electrons. The molecule has 1 saturated carbocycles. The molecule has 0 bridgehead atoms. The van der Waals surface area contributed by atoms with Gasteiger partial charge in [-0.1, -0.05) is 0 Å². The van der Waals surface area contributed by atoms with Crippen LogP contribution in [0.4, 0.5) is 10.1 Å². The first-order valence-corrected chi connectivity index (χ1v) is 12.3. The summed E-state index contributed by atoms with van der Waals surface area (Å²) in [6, 6.07) is 8.95. The van der Waals surface area contributed by atoms with E-state index in [-0.39, 0.29) is 23.5 Å². The molecule has 3 aromatic rings. The number of halogens is 1. The molecular weight excluding hydrogens is 477 g/mol. The van der Waals surface area contributed by atoms with Crippen LogP contribution in [0.2, 0.25) is 0 Å². The maximum Gasteiger partial charge on any atom is 0.268 e. The second-order valence-electron chi connectivity index (χ2n) is 9.60. The van der Waals surface area contributed by atoms with Gasteiger partial charge in [-0.15, -0.1) is 0 Å². The Morgan fingerprint density at radius 2 is 1.73 bits per heavy atom. The van der Waals surface area contributed by atoms with Crippen molar-refractivity contribution >= 4 is 17.5 Å². The van der Waals surface area contributed by atoms with Crippen molar-refractivity contribution in [1.82, 2.24) is 19.9 Å². The van der Waals surface area contributed by atoms with E-state index in [1.165, 1.54) is 30.5 Å². The molecule has 37 heavy (non-hydrogen) atoms. The molecule has 1 aliphatic heterocycles. The molecule has 5 rings (SSSR count). The molecule has 3 heterocycles. The number of anilines is 1. The van der Waals surface area contributed by atoms with Crippen LogP contribution in [0.3, 0.4) is 0 Å². The SMILES string of the molecule is CN(C)C(=O)C1CC(Cc2ncc(N3CC[C@@H](Oc4ccc(Oc5ccc(F)cc5)nc4)C3=O)cn2)C1. The lowest BCUT2D eigenvalue weighted by atomic mass is 9.72. The van der Waals surface area contributed by atoms with Crippen LogP contribution < -0.4 is 14.4 Å². The normalized spacial score (nSPS) is 20.9. The fourth-order valence-corrected chi connectivity index (χ4v) is 4.62. The first-order chi connectivity index (χ1) is 17.9. The molecule has 0 radical (unpaired) electrons. The van der Waals surface area contributed by atoms with E-state index in [0.29, 0.717) is 41.9 Å². The maximum absolute atomic E-state index is 13.0. The highest BCUT2D eigenvalue weighted by Crippen LogP contribution is 2.36. The summed E-state index contributed by atoms with van der Waals surface area (Å²) in [6.07, 6.45) is 7.18. The molecule has 0 spiro atoms. The zero-order valence-electron chi connectivity index (χ0n) is 20.7. The minimum Gasteiger partial charge on any atom is -0.479 e. The summed E-state index contributed by atoms with van der Waals surface area (Å²) in [7, 11) is 3.57. The van der Waals surface area contributed by atoms with E-state index in [0.717, 1.165) is 25.1 Å². The highest BCUT2D eigenvalue weighted by Gasteiger charge is 2.36. The summed E-state index contributed by atoms with van der Waals surface area (Å²) in [5.74, 6) is 2.16. The van der Waals surface area contributed by atoms with Gasteiger partial charge in [-0.3, -0.25) is 9.59 Å². The number of benzene rings is 1. The van der Waals surface area contributed by atoms with Gasteiger partial charge in [0, 0.05) is 45.5 Å². The van der Waals surface area contributed by atoms with Crippen LogP contribution in [0.25, 0.3) is 0 Å². The minimum atomic E-state index is -0.633. The molecule has 1 atom stereocenters. The number of aromatic nitrogens is 3. The Morgan fingerprint density at radius 3 is 2.38 bits per heavy atom. The summed E-state index contributed by atoms with van der Waals surface area (Å²) >= 11 is 0. The van der Waals surface area contributed by atoms with Crippen molar-refractivity contribution < 1.29 is 23.5 Å². The van der Waals surface area contributed by atoms with Crippen LogP contribution in [0.15, 0.2) is 55.0 Å². The van der Waals surface area contributed by atoms with E-state index in [9.17, 15) is 14.0 Å². The topological polar surface area (TPSA) is 97.8 Å². The molecule has 1 aliphatic carbocycles. The zero-order valence-corrected chi connectivity index (χ0v) is 20.7. The zero-order chi connectivity index (χ0) is 25.9. The average Bonchev–Trinajstić information content (AvgIpc) is 3.23. The number of pyridine rings is 1. The van der Waals surface area contributed by atoms with E-state index < -0.39 is 6.10 Å². The molecule has 2 fully saturated rings. The van der Waals surface area contributed by atoms with E-state index in [1.807, 2.05) is 0 Å². The van der Waals surface area contributed by atoms with Gasteiger partial charge < -0.3 is 19.3 Å². The van der Waals surface area contributed by atoms with Gasteiger partial charge >= 0.3 is 0 Å². The largest absolute Gasteiger partial charge is 0.479 e. The Morgan fingerprint density at radius 1 is 1.03 bits per heavy atom. The molecule has 2 aromatic heterocycles. The molecule has 0 unspecified atom stereocenters. The smallest absolute Gasteiger partial charge is 0.268 e. The maximum atomic E-state index is 13.0. The summed E-state index contributed by atoms with van der Waals surface area (Å²) < 4.78 is 24.5. The van der Waals surface area contributed by atoms with Crippen LogP contribution >= 0.6 is 0 Å². The number of rotatable bonds is 8. The van der Waals surface area contributed by atoms with Crippen LogP contribution in [0, 0.1) is 17.7 Å². The monoisotopic (exact) mass is 505 g/mol. The lowest BCUT2D eigenvalue weighted by Crippen LogP contribution is -2.38. The van der Waals surface area contributed by atoms with Gasteiger partial charge in [-0.25, -0.2) is 19.3 Å². The molecule has 0 N–H and O–H groups in total. The Balaban J connectivity index is 1.12. The number of hydrogen-bond acceptors (Lipinski definition) is 7. The van der Waals surface area contributed by atoms with Gasteiger partial charge in [0.25, 0.3) is 5.91 Å². The lowest BCUT2D eigenvalue weighted by Gasteiger charge is -2.35. The number of hydrogen-bond donors (Lipinski definition) is 0. The highest BCUT2D eigenvalue weighted by atomic mass is 19.1. The van der Waals surface area contributed by atoms with Gasteiger partial charge in [0.1, 0.15) is 23.1 Å². The van der Waals surface area contributed by atoms with Gasteiger partial charge in [0.2, 0.25) is 11.8 Å².